The molecule has 1 aliphatic rings. The summed E-state index contributed by atoms with van der Waals surface area (Å²) in [5, 5.41) is 13.8. The van der Waals surface area contributed by atoms with Gasteiger partial charge in [0.2, 0.25) is 0 Å². The second-order valence-electron chi connectivity index (χ2n) is 8.20. The van der Waals surface area contributed by atoms with E-state index in [9.17, 15) is 9.59 Å². The van der Waals surface area contributed by atoms with Crippen LogP contribution in [0.3, 0.4) is 0 Å². The summed E-state index contributed by atoms with van der Waals surface area (Å²) >= 11 is 0. The molecule has 0 bridgehead atoms. The molecule has 2 aromatic rings. The number of carbonyl (C=O) groups excluding carboxylic acids is 1. The Morgan fingerprint density at radius 1 is 1.30 bits per heavy atom. The van der Waals surface area contributed by atoms with Gasteiger partial charge in [-0.2, -0.15) is 10.2 Å². The maximum absolute atomic E-state index is 12.7. The Balaban J connectivity index is 1.64. The summed E-state index contributed by atoms with van der Waals surface area (Å²) in [6, 6.07) is 3.19. The highest BCUT2D eigenvalue weighted by molar-refractivity contribution is 5.95. The van der Waals surface area contributed by atoms with Crippen molar-refractivity contribution in [2.24, 2.45) is 11.3 Å². The molecule has 0 atom stereocenters. The van der Waals surface area contributed by atoms with Crippen molar-refractivity contribution in [1.82, 2.24) is 25.3 Å². The summed E-state index contributed by atoms with van der Waals surface area (Å²) in [5.74, 6) is 1.11. The first-order chi connectivity index (χ1) is 12.8. The van der Waals surface area contributed by atoms with Crippen LogP contribution in [0.4, 0.5) is 0 Å². The number of H-pyrrole nitrogens is 1. The molecule has 0 aromatic carbocycles. The number of carbonyl (C=O) groups is 1. The molecule has 1 saturated carbocycles. The van der Waals surface area contributed by atoms with Gasteiger partial charge in [0.25, 0.3) is 11.5 Å². The van der Waals surface area contributed by atoms with E-state index < -0.39 is 0 Å². The summed E-state index contributed by atoms with van der Waals surface area (Å²) in [5.41, 5.74) is 1.34. The van der Waals surface area contributed by atoms with Gasteiger partial charge in [-0.3, -0.25) is 9.59 Å². The van der Waals surface area contributed by atoms with Gasteiger partial charge in [-0.25, -0.2) is 9.78 Å². The van der Waals surface area contributed by atoms with E-state index in [1.165, 1.54) is 12.5 Å². The van der Waals surface area contributed by atoms with Crippen LogP contribution >= 0.6 is 0 Å². The standard InChI is InChI=1S/C20H29N5O2/c1-5-20(3,4)14-6-8-15(9-7-14)22-19(27)16-12-21-25(13(16)2)17-10-11-18(26)24-23-17/h10-12,14-15H,5-9H2,1-4H3,(H,22,27)(H,24,26). The first kappa shape index (κ1) is 19.3. The number of hydrogen-bond donors (Lipinski definition) is 2. The Labute approximate surface area is 159 Å². The average molecular weight is 371 g/mol. The predicted octanol–water partition coefficient (Wildman–Crippen LogP) is 2.99. The largest absolute Gasteiger partial charge is 0.349 e. The smallest absolute Gasteiger partial charge is 0.264 e. The SMILES string of the molecule is CCC(C)(C)C1CCC(NC(=O)c2cnn(-c3ccc(=O)[nH]n3)c2C)CC1. The number of hydrogen-bond acceptors (Lipinski definition) is 4. The highest BCUT2D eigenvalue weighted by Crippen LogP contribution is 2.40. The van der Waals surface area contributed by atoms with Gasteiger partial charge in [-0.05, 0) is 50.0 Å². The minimum atomic E-state index is -0.275. The van der Waals surface area contributed by atoms with Crippen LogP contribution in [0.2, 0.25) is 0 Å². The molecule has 2 N–H and O–H groups in total. The van der Waals surface area contributed by atoms with E-state index in [-0.39, 0.29) is 17.5 Å². The van der Waals surface area contributed by atoms with Crippen LogP contribution in [0, 0.1) is 18.3 Å². The summed E-state index contributed by atoms with van der Waals surface area (Å²) in [6.45, 7) is 8.78. The van der Waals surface area contributed by atoms with Crippen LogP contribution in [-0.4, -0.2) is 31.9 Å². The molecule has 1 fully saturated rings. The molecule has 146 valence electrons. The van der Waals surface area contributed by atoms with E-state index >= 15 is 0 Å². The van der Waals surface area contributed by atoms with Gasteiger partial charge in [-0.15, -0.1) is 0 Å². The number of nitrogens with one attached hydrogen (secondary N) is 2. The van der Waals surface area contributed by atoms with Gasteiger partial charge in [0.15, 0.2) is 5.82 Å². The van der Waals surface area contributed by atoms with E-state index in [0.29, 0.717) is 22.5 Å². The number of aromatic nitrogens is 4. The third kappa shape index (κ3) is 4.12. The van der Waals surface area contributed by atoms with Crippen molar-refractivity contribution in [2.75, 3.05) is 0 Å². The predicted molar refractivity (Wildman–Crippen MR) is 104 cm³/mol. The molecule has 0 spiro atoms. The van der Waals surface area contributed by atoms with Gasteiger partial charge in [0.05, 0.1) is 17.5 Å². The van der Waals surface area contributed by atoms with E-state index in [0.717, 1.165) is 31.6 Å². The first-order valence-corrected chi connectivity index (χ1v) is 9.73. The van der Waals surface area contributed by atoms with E-state index in [4.69, 9.17) is 0 Å². The van der Waals surface area contributed by atoms with Crippen LogP contribution in [0.1, 0.15) is 68.9 Å². The Morgan fingerprint density at radius 2 is 2.00 bits per heavy atom. The topological polar surface area (TPSA) is 92.7 Å². The third-order valence-corrected chi connectivity index (χ3v) is 6.21. The number of rotatable bonds is 5. The lowest BCUT2D eigenvalue weighted by molar-refractivity contribution is 0.0892. The molecule has 3 rings (SSSR count). The molecule has 0 saturated heterocycles. The molecule has 7 heteroatoms. The lowest BCUT2D eigenvalue weighted by Gasteiger charge is -2.39. The van der Waals surface area contributed by atoms with Crippen LogP contribution in [-0.2, 0) is 0 Å². The molecule has 27 heavy (non-hydrogen) atoms. The summed E-state index contributed by atoms with van der Waals surface area (Å²) in [7, 11) is 0. The molecule has 1 aliphatic carbocycles. The quantitative estimate of drug-likeness (QED) is 0.845. The highest BCUT2D eigenvalue weighted by atomic mass is 16.1. The first-order valence-electron chi connectivity index (χ1n) is 9.73. The molecule has 0 aliphatic heterocycles. The van der Waals surface area contributed by atoms with E-state index in [1.807, 2.05) is 6.92 Å². The molecule has 0 unspecified atom stereocenters. The van der Waals surface area contributed by atoms with Crippen LogP contribution in [0.5, 0.6) is 0 Å². The zero-order valence-electron chi connectivity index (χ0n) is 16.6. The molecule has 0 radical (unpaired) electrons. The van der Waals surface area contributed by atoms with Crippen molar-refractivity contribution < 1.29 is 4.79 Å². The van der Waals surface area contributed by atoms with Gasteiger partial charge in [-0.1, -0.05) is 27.2 Å². The lowest BCUT2D eigenvalue weighted by atomic mass is 9.69. The van der Waals surface area contributed by atoms with Crippen molar-refractivity contribution >= 4 is 5.91 Å². The van der Waals surface area contributed by atoms with E-state index in [2.05, 4.69) is 41.4 Å². The number of aromatic amines is 1. The fourth-order valence-corrected chi connectivity index (χ4v) is 3.89. The molecule has 2 heterocycles. The van der Waals surface area contributed by atoms with Gasteiger partial charge < -0.3 is 5.32 Å². The maximum atomic E-state index is 12.7. The third-order valence-electron chi connectivity index (χ3n) is 6.21. The minimum absolute atomic E-state index is 0.0959. The van der Waals surface area contributed by atoms with E-state index in [1.54, 1.807) is 16.9 Å². The number of amides is 1. The van der Waals surface area contributed by atoms with Gasteiger partial charge in [0, 0.05) is 12.1 Å². The van der Waals surface area contributed by atoms with Crippen molar-refractivity contribution in [3.05, 3.63) is 39.9 Å². The number of nitrogens with zero attached hydrogens (tertiary/aromatic N) is 3. The van der Waals surface area contributed by atoms with Crippen LogP contribution < -0.4 is 10.9 Å². The zero-order chi connectivity index (χ0) is 19.6. The molecule has 2 aromatic heterocycles. The molecular weight excluding hydrogens is 342 g/mol. The van der Waals surface area contributed by atoms with Crippen molar-refractivity contribution in [3.8, 4) is 5.82 Å². The summed E-state index contributed by atoms with van der Waals surface area (Å²) < 4.78 is 1.56. The van der Waals surface area contributed by atoms with Crippen LogP contribution in [0.25, 0.3) is 5.82 Å². The fourth-order valence-electron chi connectivity index (χ4n) is 3.89. The van der Waals surface area contributed by atoms with Crippen molar-refractivity contribution in [2.45, 2.75) is 65.8 Å². The van der Waals surface area contributed by atoms with Crippen molar-refractivity contribution in [1.29, 1.82) is 0 Å². The lowest BCUT2D eigenvalue weighted by Crippen LogP contribution is -2.40. The Morgan fingerprint density at radius 3 is 2.59 bits per heavy atom. The van der Waals surface area contributed by atoms with Crippen LogP contribution in [0.15, 0.2) is 23.1 Å². The molecular formula is C20H29N5O2. The monoisotopic (exact) mass is 371 g/mol. The fraction of sp³-hybridized carbons (Fsp3) is 0.600. The highest BCUT2D eigenvalue weighted by Gasteiger charge is 2.32. The molecule has 7 nitrogen and oxygen atoms in total. The Bertz CT molecular complexity index is 839. The Kier molecular flexibility index (Phi) is 5.48. The Hall–Kier alpha value is -2.44. The van der Waals surface area contributed by atoms with Crippen molar-refractivity contribution in [3.63, 3.8) is 0 Å². The normalized spacial score (nSPS) is 20.4. The zero-order valence-corrected chi connectivity index (χ0v) is 16.6. The average Bonchev–Trinajstić information content (AvgIpc) is 3.04. The minimum Gasteiger partial charge on any atom is -0.349 e. The van der Waals surface area contributed by atoms with Gasteiger partial charge >= 0.3 is 0 Å². The second kappa shape index (κ2) is 7.66. The summed E-state index contributed by atoms with van der Waals surface area (Å²) in [6.07, 6.45) is 7.11. The molecule has 1 amide bonds. The van der Waals surface area contributed by atoms with Gasteiger partial charge in [0.1, 0.15) is 0 Å². The second-order valence-corrected chi connectivity index (χ2v) is 8.20. The maximum Gasteiger partial charge on any atom is 0.264 e. The summed E-state index contributed by atoms with van der Waals surface area (Å²) in [4.78, 5) is 23.9.